The monoisotopic (exact) mass is 313 g/mol. The molecule has 1 aromatic heterocycles. The Morgan fingerprint density at radius 1 is 1.56 bits per heavy atom. The van der Waals surface area contributed by atoms with Crippen LogP contribution in [0.25, 0.3) is 0 Å². The van der Waals surface area contributed by atoms with E-state index in [1.165, 1.54) is 4.90 Å². The van der Waals surface area contributed by atoms with Gasteiger partial charge in [0.25, 0.3) is 5.91 Å². The quantitative estimate of drug-likeness (QED) is 0.929. The number of carbonyl (C=O) groups excluding carboxylic acids is 1. The number of allylic oxidation sites excluding steroid dienone is 1. The second-order valence-electron chi connectivity index (χ2n) is 3.37. The number of hydrogen-bond donors (Lipinski definition) is 1. The maximum absolute atomic E-state index is 12.0. The van der Waals surface area contributed by atoms with Gasteiger partial charge < -0.3 is 10.6 Å². The van der Waals surface area contributed by atoms with Gasteiger partial charge in [-0.2, -0.15) is 0 Å². The normalized spacial score (nSPS) is 9.17. The number of aromatic nitrogens is 1. The second-order valence-corrected chi connectivity index (χ2v) is 4.29. The van der Waals surface area contributed by atoms with E-state index in [9.17, 15) is 4.79 Å². The van der Waals surface area contributed by atoms with Crippen LogP contribution < -0.4 is 5.73 Å². The van der Waals surface area contributed by atoms with E-state index in [0.29, 0.717) is 12.0 Å². The zero-order valence-electron chi connectivity index (χ0n) is 11.3. The molecule has 18 heavy (non-hydrogen) atoms. The number of amides is 1. The molecule has 4 nitrogen and oxygen atoms in total. The van der Waals surface area contributed by atoms with E-state index in [4.69, 9.17) is 5.73 Å². The van der Waals surface area contributed by atoms with E-state index in [-0.39, 0.29) is 11.7 Å². The van der Waals surface area contributed by atoms with Gasteiger partial charge in [0.15, 0.2) is 0 Å². The van der Waals surface area contributed by atoms with Crippen molar-refractivity contribution >= 4 is 27.7 Å². The van der Waals surface area contributed by atoms with Crippen molar-refractivity contribution in [3.05, 3.63) is 34.6 Å². The highest BCUT2D eigenvalue weighted by Crippen LogP contribution is 2.18. The van der Waals surface area contributed by atoms with Gasteiger partial charge in [-0.3, -0.25) is 4.79 Å². The summed E-state index contributed by atoms with van der Waals surface area (Å²) < 4.78 is 0.723. The lowest BCUT2D eigenvalue weighted by Gasteiger charge is -2.19. The number of anilines is 1. The first-order valence-corrected chi connectivity index (χ1v) is 6.63. The first-order valence-electron chi connectivity index (χ1n) is 5.84. The van der Waals surface area contributed by atoms with Gasteiger partial charge in [0.05, 0.1) is 5.56 Å². The average molecular weight is 314 g/mol. The first-order chi connectivity index (χ1) is 8.47. The molecule has 0 radical (unpaired) electrons. The van der Waals surface area contributed by atoms with Crippen LogP contribution in [0.4, 0.5) is 5.82 Å². The van der Waals surface area contributed by atoms with Crippen LogP contribution in [0.5, 0.6) is 0 Å². The van der Waals surface area contributed by atoms with Crippen molar-refractivity contribution in [1.82, 2.24) is 9.88 Å². The Morgan fingerprint density at radius 3 is 2.61 bits per heavy atom. The van der Waals surface area contributed by atoms with Crippen molar-refractivity contribution in [2.75, 3.05) is 12.8 Å². The molecule has 0 bridgehead atoms. The van der Waals surface area contributed by atoms with Crippen molar-refractivity contribution < 1.29 is 4.79 Å². The van der Waals surface area contributed by atoms with Gasteiger partial charge in [-0.25, -0.2) is 4.98 Å². The molecule has 0 aliphatic carbocycles. The lowest BCUT2D eigenvalue weighted by atomic mass is 10.2. The predicted molar refractivity (Wildman–Crippen MR) is 79.2 cm³/mol. The molecule has 1 aromatic rings. The Hall–Kier alpha value is -1.36. The Kier molecular flexibility index (Phi) is 7.27. The minimum atomic E-state index is -0.196. The molecule has 0 aliphatic heterocycles. The number of pyridine rings is 1. The van der Waals surface area contributed by atoms with E-state index in [1.807, 2.05) is 20.8 Å². The lowest BCUT2D eigenvalue weighted by Crippen LogP contribution is -2.26. The Morgan fingerprint density at radius 2 is 2.11 bits per heavy atom. The zero-order chi connectivity index (χ0) is 14.3. The summed E-state index contributed by atoms with van der Waals surface area (Å²) in [4.78, 5) is 17.4. The van der Waals surface area contributed by atoms with E-state index >= 15 is 0 Å². The summed E-state index contributed by atoms with van der Waals surface area (Å²) in [5, 5.41) is 0. The summed E-state index contributed by atoms with van der Waals surface area (Å²) in [5.74, 6) is 0.0297. The van der Waals surface area contributed by atoms with Gasteiger partial charge in [-0.15, -0.1) is 0 Å². The van der Waals surface area contributed by atoms with Crippen LogP contribution in [-0.2, 0) is 0 Å². The Bertz CT molecular complexity index is 432. The molecule has 5 heteroatoms. The summed E-state index contributed by atoms with van der Waals surface area (Å²) in [7, 11) is 1.68. The van der Waals surface area contributed by atoms with Crippen molar-refractivity contribution in [3.8, 4) is 0 Å². The zero-order valence-corrected chi connectivity index (χ0v) is 12.9. The van der Waals surface area contributed by atoms with Crippen LogP contribution in [0, 0.1) is 0 Å². The maximum atomic E-state index is 12.0. The van der Waals surface area contributed by atoms with Crippen LogP contribution in [0.15, 0.2) is 29.0 Å². The first kappa shape index (κ1) is 16.6. The molecular weight excluding hydrogens is 294 g/mol. The molecule has 1 amide bonds. The predicted octanol–water partition coefficient (Wildman–Crippen LogP) is 3.45. The molecule has 0 unspecified atom stereocenters. The number of nitrogens with zero attached hydrogens (tertiary/aromatic N) is 2. The summed E-state index contributed by atoms with van der Waals surface area (Å²) in [5.41, 5.74) is 6.78. The highest BCUT2D eigenvalue weighted by Gasteiger charge is 2.17. The van der Waals surface area contributed by atoms with E-state index in [1.54, 1.807) is 19.3 Å². The molecule has 0 saturated heterocycles. The number of halogens is 1. The van der Waals surface area contributed by atoms with E-state index in [0.717, 1.165) is 10.2 Å². The van der Waals surface area contributed by atoms with Crippen LogP contribution in [0.1, 0.15) is 37.6 Å². The highest BCUT2D eigenvalue weighted by atomic mass is 79.9. The topological polar surface area (TPSA) is 59.2 Å². The molecule has 0 atom stereocenters. The second kappa shape index (κ2) is 7.87. The molecule has 0 spiro atoms. The number of nitrogen functional groups attached to an aromatic ring is 1. The van der Waals surface area contributed by atoms with Crippen molar-refractivity contribution in [1.29, 1.82) is 0 Å². The minimum Gasteiger partial charge on any atom is -0.383 e. The van der Waals surface area contributed by atoms with Gasteiger partial charge in [-0.1, -0.05) is 27.4 Å². The third kappa shape index (κ3) is 4.14. The van der Waals surface area contributed by atoms with Gasteiger partial charge in [0.1, 0.15) is 5.82 Å². The fourth-order valence-corrected chi connectivity index (χ4v) is 1.51. The maximum Gasteiger partial charge on any atom is 0.261 e. The molecule has 2 N–H and O–H groups in total. The lowest BCUT2D eigenvalue weighted by molar-refractivity contribution is 0.0834. The molecule has 0 aliphatic rings. The molecule has 0 fully saturated rings. The van der Waals surface area contributed by atoms with Crippen molar-refractivity contribution in [2.24, 2.45) is 0 Å². The molecule has 1 rings (SSSR count). The summed E-state index contributed by atoms with van der Waals surface area (Å²) in [6.45, 7) is 9.74. The fourth-order valence-electron chi connectivity index (χ4n) is 1.18. The number of carbonyl (C=O) groups is 1. The molecular formula is C13H20BrN3O. The average Bonchev–Trinajstić information content (AvgIpc) is 2.41. The van der Waals surface area contributed by atoms with Gasteiger partial charge in [0, 0.05) is 23.4 Å². The molecule has 1 heterocycles. The van der Waals surface area contributed by atoms with Crippen molar-refractivity contribution in [2.45, 2.75) is 27.2 Å². The van der Waals surface area contributed by atoms with Crippen molar-refractivity contribution in [3.63, 3.8) is 0 Å². The molecule has 0 saturated carbocycles. The van der Waals surface area contributed by atoms with Gasteiger partial charge >= 0.3 is 0 Å². The highest BCUT2D eigenvalue weighted by molar-refractivity contribution is 9.10. The minimum absolute atomic E-state index is 0.196. The standard InChI is InChI=1S/C11H14BrN3O.C2H6/c1-4-7(2)15(3)11(16)9-5-8(12)6-14-10(9)13;1-2/h5-6H,2,4H2,1,3H3,(H2,13,14);1-2H3. The van der Waals surface area contributed by atoms with Crippen LogP contribution in [0.3, 0.4) is 0 Å². The summed E-state index contributed by atoms with van der Waals surface area (Å²) in [6, 6.07) is 1.66. The molecule has 0 aromatic carbocycles. The largest absolute Gasteiger partial charge is 0.383 e. The summed E-state index contributed by atoms with van der Waals surface area (Å²) in [6.07, 6.45) is 2.27. The summed E-state index contributed by atoms with van der Waals surface area (Å²) >= 11 is 3.26. The van der Waals surface area contributed by atoms with Gasteiger partial charge in [-0.05, 0) is 28.4 Å². The Labute approximate surface area is 117 Å². The third-order valence-electron chi connectivity index (χ3n) is 2.30. The van der Waals surface area contributed by atoms with E-state index < -0.39 is 0 Å². The number of hydrogen-bond acceptors (Lipinski definition) is 3. The number of rotatable bonds is 3. The smallest absolute Gasteiger partial charge is 0.261 e. The van der Waals surface area contributed by atoms with Crippen LogP contribution in [-0.4, -0.2) is 22.8 Å². The Balaban J connectivity index is 0.00000137. The third-order valence-corrected chi connectivity index (χ3v) is 2.74. The van der Waals surface area contributed by atoms with Crippen LogP contribution >= 0.6 is 15.9 Å². The SMILES string of the molecule is C=C(CC)N(C)C(=O)c1cc(Br)cnc1N.CC. The molecule has 100 valence electrons. The van der Waals surface area contributed by atoms with E-state index in [2.05, 4.69) is 27.5 Å². The number of nitrogens with two attached hydrogens (primary N) is 1. The van der Waals surface area contributed by atoms with Gasteiger partial charge in [0.2, 0.25) is 0 Å². The van der Waals surface area contributed by atoms with Crippen LogP contribution in [0.2, 0.25) is 0 Å². The fraction of sp³-hybridized carbons (Fsp3) is 0.385.